The van der Waals surface area contributed by atoms with Crippen molar-refractivity contribution in [1.29, 1.82) is 0 Å². The molecular weight excluding hydrogens is 352 g/mol. The van der Waals surface area contributed by atoms with Crippen molar-refractivity contribution in [2.75, 3.05) is 5.32 Å². The number of carbonyl (C=O) groups is 1. The molecule has 0 aliphatic rings. The second-order valence-corrected chi connectivity index (χ2v) is 8.49. The molecule has 0 aliphatic heterocycles. The molecule has 0 saturated carbocycles. The first-order chi connectivity index (χ1) is 12.9. The van der Waals surface area contributed by atoms with Gasteiger partial charge < -0.3 is 5.32 Å². The maximum Gasteiger partial charge on any atom is 0.224 e. The molecular formula is C23H26N2OS. The van der Waals surface area contributed by atoms with Gasteiger partial charge in [-0.15, -0.1) is 0 Å². The summed E-state index contributed by atoms with van der Waals surface area (Å²) >= 11 is 1.63. The summed E-state index contributed by atoms with van der Waals surface area (Å²) in [5, 5.41) is 5.29. The zero-order valence-corrected chi connectivity index (χ0v) is 16.9. The third-order valence-corrected chi connectivity index (χ3v) is 5.40. The van der Waals surface area contributed by atoms with Gasteiger partial charge in [-0.05, 0) is 62.2 Å². The molecule has 0 aliphatic carbocycles. The maximum atomic E-state index is 12.4. The van der Waals surface area contributed by atoms with E-state index < -0.39 is 0 Å². The van der Waals surface area contributed by atoms with E-state index in [9.17, 15) is 4.79 Å². The van der Waals surface area contributed by atoms with E-state index >= 15 is 0 Å². The normalized spacial score (nSPS) is 11.5. The average molecular weight is 379 g/mol. The quantitative estimate of drug-likeness (QED) is 0.532. The Morgan fingerprint density at radius 3 is 2.33 bits per heavy atom. The molecule has 140 valence electrons. The van der Waals surface area contributed by atoms with Crippen molar-refractivity contribution >= 4 is 34.3 Å². The molecule has 0 unspecified atom stereocenters. The predicted molar refractivity (Wildman–Crippen MR) is 116 cm³/mol. The minimum absolute atomic E-state index is 0.0239. The summed E-state index contributed by atoms with van der Waals surface area (Å²) in [5.41, 5.74) is 2.07. The van der Waals surface area contributed by atoms with Crippen LogP contribution in [0.1, 0.15) is 32.8 Å². The van der Waals surface area contributed by atoms with Gasteiger partial charge in [-0.2, -0.15) is 0 Å². The van der Waals surface area contributed by atoms with Crippen molar-refractivity contribution in [3.63, 3.8) is 0 Å². The third kappa shape index (κ3) is 5.59. The van der Waals surface area contributed by atoms with Crippen LogP contribution in [0.25, 0.3) is 10.8 Å². The van der Waals surface area contributed by atoms with Crippen LogP contribution in [-0.4, -0.2) is 11.4 Å². The van der Waals surface area contributed by atoms with E-state index in [2.05, 4.69) is 61.1 Å². The third-order valence-electron chi connectivity index (χ3n) is 4.11. The van der Waals surface area contributed by atoms with E-state index in [1.165, 1.54) is 5.56 Å². The number of amides is 1. The van der Waals surface area contributed by atoms with Gasteiger partial charge in [0, 0.05) is 27.9 Å². The first kappa shape index (κ1) is 19.5. The Hall–Kier alpha value is -2.30. The van der Waals surface area contributed by atoms with Crippen molar-refractivity contribution in [1.82, 2.24) is 4.72 Å². The Kier molecular flexibility index (Phi) is 6.19. The highest BCUT2D eigenvalue weighted by Crippen LogP contribution is 2.31. The number of fused-ring (bicyclic) bond motifs is 1. The SMILES string of the molecule is CC(C)(C)NSc1cccc2c(NC(=O)CCc3ccccc3)cccc12. The molecule has 3 rings (SSSR count). The number of anilines is 1. The number of aryl methyl sites for hydroxylation is 1. The lowest BCUT2D eigenvalue weighted by Gasteiger charge is -2.20. The van der Waals surface area contributed by atoms with E-state index in [4.69, 9.17) is 0 Å². The van der Waals surface area contributed by atoms with Crippen molar-refractivity contribution in [2.45, 2.75) is 44.0 Å². The Morgan fingerprint density at radius 2 is 1.59 bits per heavy atom. The number of hydrogen-bond acceptors (Lipinski definition) is 3. The molecule has 1 amide bonds. The smallest absolute Gasteiger partial charge is 0.224 e. The highest BCUT2D eigenvalue weighted by atomic mass is 32.2. The summed E-state index contributed by atoms with van der Waals surface area (Å²) in [4.78, 5) is 13.6. The van der Waals surface area contributed by atoms with Crippen molar-refractivity contribution in [3.05, 3.63) is 72.3 Å². The standard InChI is InChI=1S/C23H26N2OS/c1-23(2,3)25-27-21-14-8-11-18-19(21)12-7-13-20(18)24-22(26)16-15-17-9-5-4-6-10-17/h4-14,25H,15-16H2,1-3H3,(H,24,26). The summed E-state index contributed by atoms with van der Waals surface area (Å²) in [6, 6.07) is 22.4. The fourth-order valence-corrected chi connectivity index (χ4v) is 3.65. The van der Waals surface area contributed by atoms with Gasteiger partial charge in [-0.25, -0.2) is 0 Å². The minimum atomic E-state index is 0.0239. The molecule has 2 N–H and O–H groups in total. The average Bonchev–Trinajstić information content (AvgIpc) is 2.65. The Labute approximate surface area is 165 Å². The van der Waals surface area contributed by atoms with Crippen LogP contribution < -0.4 is 10.0 Å². The number of hydrogen-bond donors (Lipinski definition) is 2. The molecule has 0 atom stereocenters. The fourth-order valence-electron chi connectivity index (χ4n) is 2.80. The molecule has 27 heavy (non-hydrogen) atoms. The summed E-state index contributed by atoms with van der Waals surface area (Å²) in [7, 11) is 0. The van der Waals surface area contributed by atoms with Crippen molar-refractivity contribution in [2.24, 2.45) is 0 Å². The molecule has 3 aromatic rings. The largest absolute Gasteiger partial charge is 0.326 e. The molecule has 0 spiro atoms. The second kappa shape index (κ2) is 8.59. The highest BCUT2D eigenvalue weighted by molar-refractivity contribution is 7.97. The van der Waals surface area contributed by atoms with Gasteiger partial charge >= 0.3 is 0 Å². The van der Waals surface area contributed by atoms with E-state index in [0.29, 0.717) is 6.42 Å². The minimum Gasteiger partial charge on any atom is -0.326 e. The summed E-state index contributed by atoms with van der Waals surface area (Å²) < 4.78 is 3.46. The summed E-state index contributed by atoms with van der Waals surface area (Å²) in [5.74, 6) is 0.0391. The number of nitrogens with one attached hydrogen (secondary N) is 2. The lowest BCUT2D eigenvalue weighted by Crippen LogP contribution is -2.29. The lowest BCUT2D eigenvalue weighted by molar-refractivity contribution is -0.116. The number of carbonyl (C=O) groups excluding carboxylic acids is 1. The van der Waals surface area contributed by atoms with Crippen LogP contribution in [0.15, 0.2) is 71.6 Å². The molecule has 3 nitrogen and oxygen atoms in total. The molecule has 0 aromatic heterocycles. The first-order valence-corrected chi connectivity index (χ1v) is 10.0. The van der Waals surface area contributed by atoms with E-state index in [-0.39, 0.29) is 11.4 Å². The topological polar surface area (TPSA) is 41.1 Å². The summed E-state index contributed by atoms with van der Waals surface area (Å²) in [6.45, 7) is 6.43. The maximum absolute atomic E-state index is 12.4. The Morgan fingerprint density at radius 1 is 0.889 bits per heavy atom. The number of rotatable bonds is 6. The van der Waals surface area contributed by atoms with E-state index in [1.54, 1.807) is 11.9 Å². The molecule has 0 fully saturated rings. The van der Waals surface area contributed by atoms with Crippen molar-refractivity contribution < 1.29 is 4.79 Å². The highest BCUT2D eigenvalue weighted by Gasteiger charge is 2.12. The van der Waals surface area contributed by atoms with Gasteiger partial charge in [0.05, 0.1) is 0 Å². The Balaban J connectivity index is 1.74. The fraction of sp³-hybridized carbons (Fsp3) is 0.261. The van der Waals surface area contributed by atoms with Gasteiger partial charge in [0.25, 0.3) is 0 Å². The van der Waals surface area contributed by atoms with Gasteiger partial charge in [0.1, 0.15) is 0 Å². The van der Waals surface area contributed by atoms with Crippen LogP contribution in [0, 0.1) is 0 Å². The molecule has 3 aromatic carbocycles. The lowest BCUT2D eigenvalue weighted by atomic mass is 10.1. The van der Waals surface area contributed by atoms with Gasteiger partial charge in [0.2, 0.25) is 5.91 Å². The van der Waals surface area contributed by atoms with Gasteiger partial charge in [-0.1, -0.05) is 54.6 Å². The zero-order chi connectivity index (χ0) is 19.3. The molecule has 4 heteroatoms. The van der Waals surface area contributed by atoms with Crippen LogP contribution in [0.5, 0.6) is 0 Å². The Bertz CT molecular complexity index is 917. The second-order valence-electron chi connectivity index (χ2n) is 7.64. The van der Waals surface area contributed by atoms with Gasteiger partial charge in [0.15, 0.2) is 0 Å². The van der Waals surface area contributed by atoms with Crippen LogP contribution >= 0.6 is 11.9 Å². The van der Waals surface area contributed by atoms with Crippen molar-refractivity contribution in [3.8, 4) is 0 Å². The molecule has 0 radical (unpaired) electrons. The van der Waals surface area contributed by atoms with E-state index in [1.807, 2.05) is 36.4 Å². The molecule has 0 bridgehead atoms. The molecule has 0 heterocycles. The van der Waals surface area contributed by atoms with Crippen LogP contribution in [0.3, 0.4) is 0 Å². The zero-order valence-electron chi connectivity index (χ0n) is 16.1. The van der Waals surface area contributed by atoms with Gasteiger partial charge in [-0.3, -0.25) is 9.52 Å². The van der Waals surface area contributed by atoms with Crippen LogP contribution in [-0.2, 0) is 11.2 Å². The van der Waals surface area contributed by atoms with E-state index in [0.717, 1.165) is 27.8 Å². The molecule has 0 saturated heterocycles. The first-order valence-electron chi connectivity index (χ1n) is 9.22. The predicted octanol–water partition coefficient (Wildman–Crippen LogP) is 5.81. The van der Waals surface area contributed by atoms with Crippen LogP contribution in [0.4, 0.5) is 5.69 Å². The number of benzene rings is 3. The van der Waals surface area contributed by atoms with Crippen LogP contribution in [0.2, 0.25) is 0 Å². The summed E-state index contributed by atoms with van der Waals surface area (Å²) in [6.07, 6.45) is 1.22. The monoisotopic (exact) mass is 378 g/mol.